The maximum Gasteiger partial charge on any atom is 0.413 e. The molecule has 0 fully saturated rings. The summed E-state index contributed by atoms with van der Waals surface area (Å²) < 4.78 is 5.16. The molecule has 1 amide bonds. The van der Waals surface area contributed by atoms with Gasteiger partial charge in [-0.15, -0.1) is 0 Å². The average molecular weight is 293 g/mol. The number of carbonyl (C=O) groups excluding carboxylic acids is 2. The molecule has 1 N–H and O–H groups in total. The van der Waals surface area contributed by atoms with Crippen molar-refractivity contribution in [2.75, 3.05) is 5.32 Å². The number of nitrogens with zero attached hydrogens (tertiary/aromatic N) is 2. The number of aldehydes is 1. The highest BCUT2D eigenvalue weighted by Crippen LogP contribution is 2.28. The summed E-state index contributed by atoms with van der Waals surface area (Å²) in [5.41, 5.74) is -0.705. The van der Waals surface area contributed by atoms with Gasteiger partial charge in [-0.25, -0.2) is 9.78 Å². The Morgan fingerprint density at radius 3 is 2.38 bits per heavy atom. The fourth-order valence-electron chi connectivity index (χ4n) is 1.91. The highest BCUT2D eigenvalue weighted by atomic mass is 16.6. The van der Waals surface area contributed by atoms with E-state index in [4.69, 9.17) is 4.74 Å². The third-order valence-electron chi connectivity index (χ3n) is 3.26. The van der Waals surface area contributed by atoms with Crippen LogP contribution in [-0.2, 0) is 14.9 Å². The van der Waals surface area contributed by atoms with Gasteiger partial charge >= 0.3 is 6.09 Å². The summed E-state index contributed by atoms with van der Waals surface area (Å²) in [4.78, 5) is 31.5. The molecule has 1 aromatic heterocycles. The van der Waals surface area contributed by atoms with Crippen molar-refractivity contribution >= 4 is 18.2 Å². The number of anilines is 1. The van der Waals surface area contributed by atoms with Crippen LogP contribution < -0.4 is 5.32 Å². The molecule has 0 saturated heterocycles. The van der Waals surface area contributed by atoms with E-state index in [-0.39, 0.29) is 5.82 Å². The van der Waals surface area contributed by atoms with Crippen LogP contribution in [0.5, 0.6) is 0 Å². The Balaban J connectivity index is 2.96. The number of aromatic nitrogens is 2. The number of nitrogens with one attached hydrogen (secondary N) is 1. The predicted molar refractivity (Wildman–Crippen MR) is 80.2 cm³/mol. The lowest BCUT2D eigenvalue weighted by Gasteiger charge is -2.24. The normalized spacial score (nSPS) is 11.9. The summed E-state index contributed by atoms with van der Waals surface area (Å²) in [7, 11) is 0. The molecule has 0 aliphatic heterocycles. The number of hydrogen-bond acceptors (Lipinski definition) is 5. The Morgan fingerprint density at radius 1 is 1.29 bits per heavy atom. The molecule has 0 spiro atoms. The maximum absolute atomic E-state index is 11.7. The highest BCUT2D eigenvalue weighted by molar-refractivity contribution is 5.83. The molecule has 21 heavy (non-hydrogen) atoms. The molecule has 0 radical (unpaired) electrons. The van der Waals surface area contributed by atoms with Gasteiger partial charge in [-0.05, 0) is 33.6 Å². The Hall–Kier alpha value is -1.98. The lowest BCUT2D eigenvalue weighted by Crippen LogP contribution is -2.30. The van der Waals surface area contributed by atoms with Crippen molar-refractivity contribution in [3.05, 3.63) is 18.1 Å². The van der Waals surface area contributed by atoms with Crippen molar-refractivity contribution in [1.29, 1.82) is 0 Å². The highest BCUT2D eigenvalue weighted by Gasteiger charge is 2.30. The van der Waals surface area contributed by atoms with Gasteiger partial charge in [-0.2, -0.15) is 0 Å². The van der Waals surface area contributed by atoms with Gasteiger partial charge in [0.2, 0.25) is 0 Å². The second kappa shape index (κ2) is 6.65. The van der Waals surface area contributed by atoms with Gasteiger partial charge in [0, 0.05) is 6.20 Å². The molecule has 0 saturated carbocycles. The summed E-state index contributed by atoms with van der Waals surface area (Å²) in [6.45, 7) is 9.18. The lowest BCUT2D eigenvalue weighted by molar-refractivity contribution is -0.113. The minimum absolute atomic E-state index is 0.273. The van der Waals surface area contributed by atoms with E-state index in [0.717, 1.165) is 6.29 Å². The zero-order chi connectivity index (χ0) is 16.1. The van der Waals surface area contributed by atoms with Crippen molar-refractivity contribution < 1.29 is 14.3 Å². The SMILES string of the molecule is CCC(C=O)(CC)c1cncc(NC(=O)OC(C)(C)C)n1. The smallest absolute Gasteiger partial charge is 0.413 e. The summed E-state index contributed by atoms with van der Waals surface area (Å²) >= 11 is 0. The number of carbonyl (C=O) groups is 2. The van der Waals surface area contributed by atoms with Crippen LogP contribution in [0.15, 0.2) is 12.4 Å². The minimum atomic E-state index is -0.668. The van der Waals surface area contributed by atoms with E-state index in [1.54, 1.807) is 27.0 Å². The summed E-state index contributed by atoms with van der Waals surface area (Å²) in [5.74, 6) is 0.273. The van der Waals surface area contributed by atoms with Crippen LogP contribution in [0.25, 0.3) is 0 Å². The topological polar surface area (TPSA) is 81.2 Å². The van der Waals surface area contributed by atoms with E-state index < -0.39 is 17.1 Å². The second-order valence-corrected chi connectivity index (χ2v) is 5.90. The fraction of sp³-hybridized carbons (Fsp3) is 0.600. The van der Waals surface area contributed by atoms with E-state index in [9.17, 15) is 9.59 Å². The van der Waals surface area contributed by atoms with Gasteiger partial charge in [0.05, 0.1) is 17.3 Å². The van der Waals surface area contributed by atoms with E-state index in [1.165, 1.54) is 6.20 Å². The Morgan fingerprint density at radius 2 is 1.90 bits per heavy atom. The van der Waals surface area contributed by atoms with Crippen LogP contribution in [0.4, 0.5) is 10.6 Å². The molecule has 0 aliphatic carbocycles. The van der Waals surface area contributed by atoms with Gasteiger partial charge in [0.15, 0.2) is 5.82 Å². The van der Waals surface area contributed by atoms with Crippen molar-refractivity contribution in [1.82, 2.24) is 9.97 Å². The third kappa shape index (κ3) is 4.51. The fourth-order valence-corrected chi connectivity index (χ4v) is 1.91. The quantitative estimate of drug-likeness (QED) is 0.844. The average Bonchev–Trinajstić information content (AvgIpc) is 2.39. The van der Waals surface area contributed by atoms with Gasteiger partial charge in [-0.1, -0.05) is 13.8 Å². The molecule has 6 nitrogen and oxygen atoms in total. The van der Waals surface area contributed by atoms with Crippen LogP contribution in [0.3, 0.4) is 0 Å². The van der Waals surface area contributed by atoms with E-state index in [1.807, 2.05) is 13.8 Å². The van der Waals surface area contributed by atoms with Crippen LogP contribution >= 0.6 is 0 Å². The molecule has 0 bridgehead atoms. The second-order valence-electron chi connectivity index (χ2n) is 5.90. The van der Waals surface area contributed by atoms with Crippen molar-refractivity contribution in [2.45, 2.75) is 58.5 Å². The molecular weight excluding hydrogens is 270 g/mol. The summed E-state index contributed by atoms with van der Waals surface area (Å²) in [6.07, 6.45) is 4.53. The van der Waals surface area contributed by atoms with E-state index >= 15 is 0 Å². The van der Waals surface area contributed by atoms with Crippen molar-refractivity contribution in [2.24, 2.45) is 0 Å². The maximum atomic E-state index is 11.7. The standard InChI is InChI=1S/C15H23N3O3/c1-6-15(7-2,10-19)11-8-16-9-12(17-11)18-13(20)21-14(3,4)5/h8-10H,6-7H2,1-5H3,(H,17,18,20). The first-order valence-corrected chi connectivity index (χ1v) is 7.05. The van der Waals surface area contributed by atoms with E-state index in [2.05, 4.69) is 15.3 Å². The van der Waals surface area contributed by atoms with E-state index in [0.29, 0.717) is 18.5 Å². The first-order valence-electron chi connectivity index (χ1n) is 7.05. The monoisotopic (exact) mass is 293 g/mol. The predicted octanol–water partition coefficient (Wildman–Crippen LogP) is 3.08. The molecule has 1 aromatic rings. The first kappa shape index (κ1) is 17.1. The zero-order valence-electron chi connectivity index (χ0n) is 13.3. The van der Waals surface area contributed by atoms with Crippen molar-refractivity contribution in [3.8, 4) is 0 Å². The van der Waals surface area contributed by atoms with Crippen LogP contribution in [-0.4, -0.2) is 27.9 Å². The molecular formula is C15H23N3O3. The Kier molecular flexibility index (Phi) is 5.41. The molecule has 0 aliphatic rings. The number of rotatable bonds is 5. The van der Waals surface area contributed by atoms with Gasteiger partial charge in [-0.3, -0.25) is 10.3 Å². The molecule has 6 heteroatoms. The first-order chi connectivity index (χ1) is 9.76. The Labute approximate surface area is 125 Å². The number of hydrogen-bond donors (Lipinski definition) is 1. The number of ether oxygens (including phenoxy) is 1. The largest absolute Gasteiger partial charge is 0.444 e. The lowest BCUT2D eigenvalue weighted by atomic mass is 9.81. The van der Waals surface area contributed by atoms with Gasteiger partial charge in [0.1, 0.15) is 11.9 Å². The van der Waals surface area contributed by atoms with Crippen molar-refractivity contribution in [3.63, 3.8) is 0 Å². The van der Waals surface area contributed by atoms with Gasteiger partial charge in [0.25, 0.3) is 0 Å². The van der Waals surface area contributed by atoms with Crippen LogP contribution in [0, 0.1) is 0 Å². The molecule has 0 unspecified atom stereocenters. The molecule has 116 valence electrons. The summed E-state index contributed by atoms with van der Waals surface area (Å²) in [6, 6.07) is 0. The molecule has 1 rings (SSSR count). The Bertz CT molecular complexity index is 505. The summed E-state index contributed by atoms with van der Waals surface area (Å²) in [5, 5.41) is 2.53. The molecule has 0 aromatic carbocycles. The minimum Gasteiger partial charge on any atom is -0.444 e. The van der Waals surface area contributed by atoms with Crippen LogP contribution in [0.1, 0.15) is 53.2 Å². The molecule has 1 heterocycles. The van der Waals surface area contributed by atoms with Crippen LogP contribution in [0.2, 0.25) is 0 Å². The molecule has 0 atom stereocenters. The number of amides is 1. The van der Waals surface area contributed by atoms with Gasteiger partial charge < -0.3 is 9.53 Å². The third-order valence-corrected chi connectivity index (χ3v) is 3.26. The zero-order valence-corrected chi connectivity index (χ0v) is 13.3.